The summed E-state index contributed by atoms with van der Waals surface area (Å²) in [6, 6.07) is 11.4. The van der Waals surface area contributed by atoms with Crippen LogP contribution in [-0.4, -0.2) is 33.4 Å². The van der Waals surface area contributed by atoms with E-state index in [1.807, 2.05) is 18.2 Å². The molecule has 1 saturated heterocycles. The molecule has 2 aromatic rings. The van der Waals surface area contributed by atoms with Gasteiger partial charge in [0.05, 0.1) is 0 Å². The van der Waals surface area contributed by atoms with E-state index in [1.165, 1.54) is 22.4 Å². The van der Waals surface area contributed by atoms with Gasteiger partial charge in [-0.1, -0.05) is 30.3 Å². The summed E-state index contributed by atoms with van der Waals surface area (Å²) in [6.45, 7) is 1.31. The van der Waals surface area contributed by atoms with E-state index in [2.05, 4.69) is 17.1 Å². The van der Waals surface area contributed by atoms with Crippen LogP contribution in [0.2, 0.25) is 0 Å². The number of amides is 1. The lowest BCUT2D eigenvalue weighted by molar-refractivity contribution is -0.130. The smallest absolute Gasteiger partial charge is 0.328 e. The minimum Gasteiger partial charge on any atom is -0.341 e. The molecule has 0 saturated carbocycles. The largest absolute Gasteiger partial charge is 0.341 e. The van der Waals surface area contributed by atoms with Crippen molar-refractivity contribution < 1.29 is 4.79 Å². The monoisotopic (exact) mass is 299 g/mol. The molecule has 6 nitrogen and oxygen atoms in total. The molecule has 0 radical (unpaired) electrons. The molecule has 1 aliphatic heterocycles. The summed E-state index contributed by atoms with van der Waals surface area (Å²) in [7, 11) is 0. The zero-order valence-corrected chi connectivity index (χ0v) is 12.1. The Morgan fingerprint density at radius 2 is 1.95 bits per heavy atom. The second-order valence-electron chi connectivity index (χ2n) is 5.47. The first-order valence-corrected chi connectivity index (χ1v) is 7.26. The average molecular weight is 299 g/mol. The fourth-order valence-corrected chi connectivity index (χ4v) is 2.80. The van der Waals surface area contributed by atoms with Crippen LogP contribution in [-0.2, 0) is 11.3 Å². The molecule has 1 N–H and O–H groups in total. The second kappa shape index (κ2) is 6.01. The van der Waals surface area contributed by atoms with E-state index in [0.717, 1.165) is 6.42 Å². The van der Waals surface area contributed by atoms with E-state index in [1.54, 1.807) is 4.90 Å². The highest BCUT2D eigenvalue weighted by molar-refractivity contribution is 5.76. The Morgan fingerprint density at radius 3 is 2.68 bits per heavy atom. The van der Waals surface area contributed by atoms with Gasteiger partial charge < -0.3 is 4.90 Å². The Kier molecular flexibility index (Phi) is 3.91. The number of hydrogen-bond donors (Lipinski definition) is 1. The summed E-state index contributed by atoms with van der Waals surface area (Å²) >= 11 is 0. The molecule has 114 valence electrons. The minimum absolute atomic E-state index is 0.0445. The average Bonchev–Trinajstić information content (AvgIpc) is 3.01. The van der Waals surface area contributed by atoms with Crippen molar-refractivity contribution in [2.45, 2.75) is 18.9 Å². The molecule has 22 heavy (non-hydrogen) atoms. The SMILES string of the molecule is O=C(Cn1ccc(=O)[nH]c1=O)N1CCC(c2ccccc2)C1. The summed E-state index contributed by atoms with van der Waals surface area (Å²) in [5, 5.41) is 0. The molecule has 0 bridgehead atoms. The lowest BCUT2D eigenvalue weighted by Gasteiger charge is -2.17. The van der Waals surface area contributed by atoms with Crippen LogP contribution in [0.5, 0.6) is 0 Å². The molecule has 2 heterocycles. The van der Waals surface area contributed by atoms with Crippen molar-refractivity contribution in [3.8, 4) is 0 Å². The van der Waals surface area contributed by atoms with Crippen molar-refractivity contribution >= 4 is 5.91 Å². The van der Waals surface area contributed by atoms with Crippen molar-refractivity contribution in [3.05, 3.63) is 69.0 Å². The van der Waals surface area contributed by atoms with Crippen LogP contribution in [0.1, 0.15) is 17.9 Å². The highest BCUT2D eigenvalue weighted by atomic mass is 16.2. The van der Waals surface area contributed by atoms with Gasteiger partial charge in [-0.25, -0.2) is 4.79 Å². The number of nitrogens with zero attached hydrogens (tertiary/aromatic N) is 2. The molecular formula is C16H17N3O3. The van der Waals surface area contributed by atoms with Crippen molar-refractivity contribution in [1.82, 2.24) is 14.5 Å². The summed E-state index contributed by atoms with van der Waals surface area (Å²) in [5.74, 6) is 0.241. The maximum atomic E-state index is 12.3. The predicted octanol–water partition coefficient (Wildman–Crippen LogP) is 0.553. The Hall–Kier alpha value is -2.63. The van der Waals surface area contributed by atoms with Crippen LogP contribution in [0.25, 0.3) is 0 Å². The number of carbonyl (C=O) groups is 1. The third-order valence-electron chi connectivity index (χ3n) is 4.01. The highest BCUT2D eigenvalue weighted by Crippen LogP contribution is 2.26. The maximum absolute atomic E-state index is 12.3. The fourth-order valence-electron chi connectivity index (χ4n) is 2.80. The number of benzene rings is 1. The third kappa shape index (κ3) is 3.00. The Labute approximate surface area is 127 Å². The van der Waals surface area contributed by atoms with Crippen molar-refractivity contribution in [2.75, 3.05) is 13.1 Å². The van der Waals surface area contributed by atoms with E-state index in [9.17, 15) is 14.4 Å². The fraction of sp³-hybridized carbons (Fsp3) is 0.312. The topological polar surface area (TPSA) is 75.2 Å². The zero-order valence-electron chi connectivity index (χ0n) is 12.1. The van der Waals surface area contributed by atoms with E-state index in [0.29, 0.717) is 19.0 Å². The number of rotatable bonds is 3. The normalized spacial score (nSPS) is 17.6. The molecule has 1 unspecified atom stereocenters. The highest BCUT2D eigenvalue weighted by Gasteiger charge is 2.27. The van der Waals surface area contributed by atoms with Crippen LogP contribution in [0.4, 0.5) is 0 Å². The number of aromatic nitrogens is 2. The molecule has 1 aliphatic rings. The van der Waals surface area contributed by atoms with Crippen LogP contribution in [0.3, 0.4) is 0 Å². The predicted molar refractivity (Wildman–Crippen MR) is 81.7 cm³/mol. The number of hydrogen-bond acceptors (Lipinski definition) is 3. The quantitative estimate of drug-likeness (QED) is 0.899. The molecule has 1 amide bonds. The van der Waals surface area contributed by atoms with Gasteiger partial charge in [-0.05, 0) is 12.0 Å². The number of nitrogens with one attached hydrogen (secondary N) is 1. The lowest BCUT2D eigenvalue weighted by atomic mass is 9.99. The standard InChI is InChI=1S/C16H17N3O3/c20-14-7-9-19(16(22)17-14)11-15(21)18-8-6-13(10-18)12-4-2-1-3-5-12/h1-5,7,9,13H,6,8,10-11H2,(H,17,20,22). The van der Waals surface area contributed by atoms with Gasteiger partial charge in [-0.3, -0.25) is 19.1 Å². The molecule has 0 spiro atoms. The van der Waals surface area contributed by atoms with Gasteiger partial charge >= 0.3 is 5.69 Å². The van der Waals surface area contributed by atoms with Crippen molar-refractivity contribution in [2.24, 2.45) is 0 Å². The van der Waals surface area contributed by atoms with Gasteiger partial charge in [-0.2, -0.15) is 0 Å². The summed E-state index contributed by atoms with van der Waals surface area (Å²) in [4.78, 5) is 38.9. The first-order chi connectivity index (χ1) is 10.6. The molecule has 1 atom stereocenters. The van der Waals surface area contributed by atoms with Crippen molar-refractivity contribution in [3.63, 3.8) is 0 Å². The Bertz CT molecular complexity index is 779. The van der Waals surface area contributed by atoms with Gasteiger partial charge in [0.1, 0.15) is 6.54 Å². The number of carbonyl (C=O) groups excluding carboxylic acids is 1. The summed E-state index contributed by atoms with van der Waals surface area (Å²) in [5.41, 5.74) is 0.220. The van der Waals surface area contributed by atoms with E-state index in [4.69, 9.17) is 0 Å². The Balaban J connectivity index is 1.67. The van der Waals surface area contributed by atoms with Gasteiger partial charge in [0.2, 0.25) is 5.91 Å². The maximum Gasteiger partial charge on any atom is 0.328 e. The van der Waals surface area contributed by atoms with E-state index < -0.39 is 11.2 Å². The molecular weight excluding hydrogens is 282 g/mol. The minimum atomic E-state index is -0.556. The van der Waals surface area contributed by atoms with Gasteiger partial charge in [0, 0.05) is 31.3 Å². The van der Waals surface area contributed by atoms with Crippen LogP contribution < -0.4 is 11.2 Å². The van der Waals surface area contributed by atoms with Gasteiger partial charge in [0.15, 0.2) is 0 Å². The Morgan fingerprint density at radius 1 is 1.18 bits per heavy atom. The number of H-pyrrole nitrogens is 1. The molecule has 6 heteroatoms. The molecule has 1 aromatic carbocycles. The van der Waals surface area contributed by atoms with Crippen molar-refractivity contribution in [1.29, 1.82) is 0 Å². The molecule has 1 aromatic heterocycles. The van der Waals surface area contributed by atoms with Gasteiger partial charge in [-0.15, -0.1) is 0 Å². The van der Waals surface area contributed by atoms with Gasteiger partial charge in [0.25, 0.3) is 5.56 Å². The van der Waals surface area contributed by atoms with Crippen LogP contribution in [0.15, 0.2) is 52.2 Å². The van der Waals surface area contributed by atoms with Crippen LogP contribution in [0, 0.1) is 0 Å². The molecule has 3 rings (SSSR count). The summed E-state index contributed by atoms with van der Waals surface area (Å²) in [6.07, 6.45) is 2.28. The van der Waals surface area contributed by atoms with E-state index >= 15 is 0 Å². The molecule has 0 aliphatic carbocycles. The third-order valence-corrected chi connectivity index (χ3v) is 4.01. The number of aromatic amines is 1. The van der Waals surface area contributed by atoms with Crippen LogP contribution >= 0.6 is 0 Å². The second-order valence-corrected chi connectivity index (χ2v) is 5.47. The zero-order chi connectivity index (χ0) is 15.5. The molecule has 1 fully saturated rings. The van der Waals surface area contributed by atoms with E-state index in [-0.39, 0.29) is 12.5 Å². The summed E-state index contributed by atoms with van der Waals surface area (Å²) < 4.78 is 1.22. The number of likely N-dealkylation sites (tertiary alicyclic amines) is 1. The lowest BCUT2D eigenvalue weighted by Crippen LogP contribution is -2.37. The first kappa shape index (κ1) is 14.3. The first-order valence-electron chi connectivity index (χ1n) is 7.26.